The van der Waals surface area contributed by atoms with Crippen LogP contribution in [0.1, 0.15) is 44.9 Å². The van der Waals surface area contributed by atoms with Gasteiger partial charge in [0.25, 0.3) is 0 Å². The van der Waals surface area contributed by atoms with E-state index in [1.54, 1.807) is 4.90 Å². The van der Waals surface area contributed by atoms with E-state index in [-0.39, 0.29) is 11.9 Å². The van der Waals surface area contributed by atoms with Crippen LogP contribution in [-0.4, -0.2) is 47.9 Å². The molecule has 0 radical (unpaired) electrons. The molecule has 1 aliphatic carbocycles. The highest BCUT2D eigenvalue weighted by Gasteiger charge is 2.35. The summed E-state index contributed by atoms with van der Waals surface area (Å²) in [5, 5.41) is 8.98. The molecule has 1 heterocycles. The Hall–Kier alpha value is -1.08. The maximum Gasteiger partial charge on any atom is 0.240 e. The van der Waals surface area contributed by atoms with Gasteiger partial charge in [0, 0.05) is 26.2 Å². The number of nitrogens with zero attached hydrogens (tertiary/aromatic N) is 3. The molecule has 1 unspecified atom stereocenters. The Balaban J connectivity index is 2.13. The van der Waals surface area contributed by atoms with Crippen molar-refractivity contribution < 1.29 is 4.79 Å². The van der Waals surface area contributed by atoms with Gasteiger partial charge in [-0.2, -0.15) is 5.26 Å². The Bertz CT molecular complexity index is 330. The summed E-state index contributed by atoms with van der Waals surface area (Å²) in [6.07, 6.45) is 7.61. The summed E-state index contributed by atoms with van der Waals surface area (Å²) in [6, 6.07) is 2.51. The molecule has 1 saturated carbocycles. The molecule has 1 atom stereocenters. The van der Waals surface area contributed by atoms with Gasteiger partial charge in [-0.15, -0.1) is 0 Å². The maximum atomic E-state index is 12.3. The predicted molar refractivity (Wildman–Crippen MR) is 69.9 cm³/mol. The zero-order chi connectivity index (χ0) is 13.0. The second kappa shape index (κ2) is 6.19. The summed E-state index contributed by atoms with van der Waals surface area (Å²) in [6.45, 7) is 1.79. The summed E-state index contributed by atoms with van der Waals surface area (Å²) in [7, 11) is 1.86. The molecule has 1 aliphatic heterocycles. The van der Waals surface area contributed by atoms with Gasteiger partial charge in [-0.25, -0.2) is 0 Å². The Labute approximate surface area is 110 Å². The van der Waals surface area contributed by atoms with E-state index in [1.807, 2.05) is 7.05 Å². The third-order valence-electron chi connectivity index (χ3n) is 4.30. The molecule has 1 saturated heterocycles. The van der Waals surface area contributed by atoms with Gasteiger partial charge >= 0.3 is 0 Å². The van der Waals surface area contributed by atoms with Crippen LogP contribution in [0.5, 0.6) is 0 Å². The Morgan fingerprint density at radius 1 is 1.22 bits per heavy atom. The van der Waals surface area contributed by atoms with Crippen LogP contribution in [0, 0.1) is 11.3 Å². The molecule has 0 spiro atoms. The number of carbonyl (C=O) groups excluding carboxylic acids is 1. The number of rotatable bonds is 2. The Morgan fingerprint density at radius 3 is 2.61 bits per heavy atom. The third-order valence-corrected chi connectivity index (χ3v) is 4.30. The highest BCUT2D eigenvalue weighted by atomic mass is 16.2. The van der Waals surface area contributed by atoms with Gasteiger partial charge in [0.1, 0.15) is 6.04 Å². The predicted octanol–water partition coefficient (Wildman–Crippen LogP) is 1.77. The van der Waals surface area contributed by atoms with Gasteiger partial charge < -0.3 is 4.90 Å². The molecule has 0 aromatic rings. The fourth-order valence-corrected chi connectivity index (χ4v) is 3.29. The second-order valence-corrected chi connectivity index (χ2v) is 5.52. The summed E-state index contributed by atoms with van der Waals surface area (Å²) < 4.78 is 0. The Kier molecular flexibility index (Phi) is 4.60. The van der Waals surface area contributed by atoms with Gasteiger partial charge in [-0.05, 0) is 19.3 Å². The lowest BCUT2D eigenvalue weighted by molar-refractivity contribution is -0.135. The van der Waals surface area contributed by atoms with Crippen molar-refractivity contribution in [1.29, 1.82) is 5.26 Å². The SMILES string of the molecule is CN1CCCN(C2CCCCC2)C(CC#N)C1=O. The smallest absolute Gasteiger partial charge is 0.240 e. The Morgan fingerprint density at radius 2 is 1.94 bits per heavy atom. The number of hydrogen-bond donors (Lipinski definition) is 0. The quantitative estimate of drug-likeness (QED) is 0.749. The molecule has 1 amide bonds. The van der Waals surface area contributed by atoms with E-state index in [2.05, 4.69) is 11.0 Å². The second-order valence-electron chi connectivity index (χ2n) is 5.52. The van der Waals surface area contributed by atoms with E-state index in [1.165, 1.54) is 32.1 Å². The normalized spacial score (nSPS) is 27.9. The standard InChI is InChI=1S/C14H23N3O/c1-16-10-5-11-17(12-6-3-2-4-7-12)13(8-9-15)14(16)18/h12-13H,2-8,10-11H2,1H3. The summed E-state index contributed by atoms with van der Waals surface area (Å²) in [5.41, 5.74) is 0. The maximum absolute atomic E-state index is 12.3. The molecule has 4 nitrogen and oxygen atoms in total. The van der Waals surface area contributed by atoms with Gasteiger partial charge in [-0.3, -0.25) is 9.69 Å². The number of nitriles is 1. The topological polar surface area (TPSA) is 47.3 Å². The summed E-state index contributed by atoms with van der Waals surface area (Å²) >= 11 is 0. The highest BCUT2D eigenvalue weighted by molar-refractivity contribution is 5.82. The van der Waals surface area contributed by atoms with Crippen molar-refractivity contribution in [2.24, 2.45) is 0 Å². The van der Waals surface area contributed by atoms with Gasteiger partial charge in [0.2, 0.25) is 5.91 Å². The van der Waals surface area contributed by atoms with Gasteiger partial charge in [-0.1, -0.05) is 19.3 Å². The zero-order valence-corrected chi connectivity index (χ0v) is 11.3. The molecule has 2 rings (SSSR count). The number of likely N-dealkylation sites (N-methyl/N-ethyl adjacent to an activating group) is 1. The van der Waals surface area contributed by atoms with E-state index in [0.29, 0.717) is 12.5 Å². The monoisotopic (exact) mass is 249 g/mol. The third kappa shape index (κ3) is 2.84. The van der Waals surface area contributed by atoms with E-state index < -0.39 is 0 Å². The fourth-order valence-electron chi connectivity index (χ4n) is 3.29. The molecular weight excluding hydrogens is 226 g/mol. The lowest BCUT2D eigenvalue weighted by Crippen LogP contribution is -2.49. The van der Waals surface area contributed by atoms with Crippen LogP contribution in [0.4, 0.5) is 0 Å². The van der Waals surface area contributed by atoms with Crippen molar-refractivity contribution in [3.8, 4) is 6.07 Å². The van der Waals surface area contributed by atoms with Crippen LogP contribution in [0.15, 0.2) is 0 Å². The highest BCUT2D eigenvalue weighted by Crippen LogP contribution is 2.27. The zero-order valence-electron chi connectivity index (χ0n) is 11.3. The van der Waals surface area contributed by atoms with Crippen molar-refractivity contribution >= 4 is 5.91 Å². The molecule has 0 aromatic heterocycles. The molecule has 2 fully saturated rings. The van der Waals surface area contributed by atoms with Crippen molar-refractivity contribution in [1.82, 2.24) is 9.80 Å². The first-order chi connectivity index (χ1) is 8.74. The largest absolute Gasteiger partial charge is 0.344 e. The molecule has 0 bridgehead atoms. The minimum atomic E-state index is -0.203. The first-order valence-corrected chi connectivity index (χ1v) is 7.11. The van der Waals surface area contributed by atoms with Crippen molar-refractivity contribution in [2.45, 2.75) is 57.0 Å². The molecule has 18 heavy (non-hydrogen) atoms. The van der Waals surface area contributed by atoms with Crippen molar-refractivity contribution in [3.05, 3.63) is 0 Å². The minimum Gasteiger partial charge on any atom is -0.344 e. The fraction of sp³-hybridized carbons (Fsp3) is 0.857. The lowest BCUT2D eigenvalue weighted by Gasteiger charge is -2.37. The molecule has 2 aliphatic rings. The van der Waals surface area contributed by atoms with Gasteiger partial charge in [0.05, 0.1) is 12.5 Å². The summed E-state index contributed by atoms with van der Waals surface area (Å²) in [5.74, 6) is 0.139. The molecule has 4 heteroatoms. The number of hydrogen-bond acceptors (Lipinski definition) is 3. The van der Waals surface area contributed by atoms with Crippen molar-refractivity contribution in [2.75, 3.05) is 20.1 Å². The van der Waals surface area contributed by atoms with Crippen LogP contribution < -0.4 is 0 Å². The molecular formula is C14H23N3O. The molecule has 0 aromatic carbocycles. The van der Waals surface area contributed by atoms with Crippen LogP contribution in [0.2, 0.25) is 0 Å². The van der Waals surface area contributed by atoms with Crippen LogP contribution in [-0.2, 0) is 4.79 Å². The lowest BCUT2D eigenvalue weighted by atomic mass is 9.92. The molecule has 0 N–H and O–H groups in total. The number of carbonyl (C=O) groups is 1. The van der Waals surface area contributed by atoms with E-state index >= 15 is 0 Å². The van der Waals surface area contributed by atoms with Gasteiger partial charge in [0.15, 0.2) is 0 Å². The first-order valence-electron chi connectivity index (χ1n) is 7.11. The first kappa shape index (κ1) is 13.4. The summed E-state index contributed by atoms with van der Waals surface area (Å²) in [4.78, 5) is 16.4. The minimum absolute atomic E-state index is 0.139. The van der Waals surface area contributed by atoms with Crippen molar-refractivity contribution in [3.63, 3.8) is 0 Å². The van der Waals surface area contributed by atoms with E-state index in [9.17, 15) is 4.79 Å². The van der Waals surface area contributed by atoms with E-state index in [0.717, 1.165) is 19.5 Å². The van der Waals surface area contributed by atoms with Crippen LogP contribution >= 0.6 is 0 Å². The molecule has 100 valence electrons. The average Bonchev–Trinajstić information content (AvgIpc) is 2.54. The van der Waals surface area contributed by atoms with E-state index in [4.69, 9.17) is 5.26 Å². The van der Waals surface area contributed by atoms with Crippen LogP contribution in [0.25, 0.3) is 0 Å². The van der Waals surface area contributed by atoms with Crippen LogP contribution in [0.3, 0.4) is 0 Å². The number of amides is 1. The average molecular weight is 249 g/mol.